The molecule has 0 fully saturated rings. The first kappa shape index (κ1) is 58.9. The number of carboxylic acids is 1. The van der Waals surface area contributed by atoms with Gasteiger partial charge in [0.15, 0.2) is 6.04 Å². The molecule has 356 valence electrons. The average Bonchev–Trinajstić information content (AvgIpc) is 3.25. The van der Waals surface area contributed by atoms with E-state index in [1.165, 1.54) is 57.8 Å². The van der Waals surface area contributed by atoms with Gasteiger partial charge in [0.25, 0.3) is 0 Å². The van der Waals surface area contributed by atoms with E-state index >= 15 is 0 Å². The van der Waals surface area contributed by atoms with Crippen LogP contribution in [0.2, 0.25) is 0 Å². The van der Waals surface area contributed by atoms with Gasteiger partial charge in [0.05, 0.1) is 13.2 Å². The quantitative estimate of drug-likeness (QED) is 0.0200. The number of unbranched alkanes of at least 4 members (excludes halogenated alkanes) is 18. The van der Waals surface area contributed by atoms with Crippen molar-refractivity contribution < 1.29 is 47.8 Å². The lowest BCUT2D eigenvalue weighted by Crippen LogP contribution is -2.43. The number of carboxylic acid groups (broad SMARTS) is 1. The summed E-state index contributed by atoms with van der Waals surface area (Å²) in [6.07, 6.45) is 53.5. The second-order valence-electron chi connectivity index (χ2n) is 15.9. The highest BCUT2D eigenvalue weighted by Gasteiger charge is 2.28. The van der Waals surface area contributed by atoms with Crippen LogP contribution in [0.25, 0.3) is 0 Å². The number of phosphoric acid groups is 1. The number of phosphoric ester groups is 1. The zero-order valence-corrected chi connectivity index (χ0v) is 39.5. The van der Waals surface area contributed by atoms with E-state index in [-0.39, 0.29) is 12.8 Å². The Hall–Kier alpha value is -3.08. The summed E-state index contributed by atoms with van der Waals surface area (Å²) in [6, 6.07) is -1.56. The Balaban J connectivity index is 3.90. The summed E-state index contributed by atoms with van der Waals surface area (Å²) < 4.78 is 26.9. The van der Waals surface area contributed by atoms with Gasteiger partial charge < -0.3 is 25.2 Å². The normalized spacial score (nSPS) is 14.3. The Labute approximate surface area is 376 Å². The van der Waals surface area contributed by atoms with Gasteiger partial charge in [-0.1, -0.05) is 164 Å². The summed E-state index contributed by atoms with van der Waals surface area (Å²) >= 11 is 0. The lowest BCUT2D eigenvalue weighted by molar-refractivity contribution is -0.147. The number of hydrogen-bond acceptors (Lipinski definition) is 8. The van der Waals surface area contributed by atoms with Gasteiger partial charge in [-0.15, -0.1) is 0 Å². The second kappa shape index (κ2) is 44.5. The maximum atomic E-state index is 12.3. The molecule has 0 saturated heterocycles. The molecule has 0 aromatic carbocycles. The smallest absolute Gasteiger partial charge is 0.472 e. The first-order valence-corrected chi connectivity index (χ1v) is 25.5. The number of aliphatic carboxylic acids is 1. The van der Waals surface area contributed by atoms with Crippen molar-refractivity contribution in [2.75, 3.05) is 19.8 Å². The van der Waals surface area contributed by atoms with Crippen LogP contribution in [0, 0.1) is 0 Å². The molecule has 0 heterocycles. The van der Waals surface area contributed by atoms with Gasteiger partial charge in [0.2, 0.25) is 5.91 Å². The SMILES string of the molecule is CCCCC/C=C\C/C=C\C/C=C\C/C=C\CCCCCCCCCC(=O)OCC(O)COP(=O)(O)OCC(NC(=O)CCCCCCC/C=C\C/C=C\CCCCC)C(=O)O. The molecule has 0 aliphatic rings. The van der Waals surface area contributed by atoms with E-state index in [1.54, 1.807) is 0 Å². The highest BCUT2D eigenvalue weighted by atomic mass is 31.2. The van der Waals surface area contributed by atoms with Gasteiger partial charge in [-0.25, -0.2) is 9.36 Å². The summed E-state index contributed by atoms with van der Waals surface area (Å²) in [5.41, 5.74) is 0. The minimum absolute atomic E-state index is 0.126. The van der Waals surface area contributed by atoms with E-state index in [0.29, 0.717) is 12.8 Å². The van der Waals surface area contributed by atoms with Gasteiger partial charge in [-0.3, -0.25) is 18.6 Å². The molecule has 3 unspecified atom stereocenters. The minimum atomic E-state index is -4.77. The van der Waals surface area contributed by atoms with Crippen LogP contribution in [0.4, 0.5) is 0 Å². The molecule has 0 aliphatic carbocycles. The standard InChI is InChI=1S/C50H86NO10P/c1-3-5-7-9-11-13-15-17-19-20-21-22-23-24-25-26-28-30-32-34-36-38-40-42-49(54)59-43-46(52)44-60-62(57,58)61-45-47(50(55)56)51-48(53)41-39-37-35-33-31-29-27-18-16-14-12-10-8-6-4-2/h11-14,17-19,21-22,24-25,27,46-47,52H,3-10,15-16,20,23,26,28-45H2,1-2H3,(H,51,53)(H,55,56)(H,57,58)/b13-11-,14-12-,19-17-,22-21-,25-24-,27-18-. The first-order valence-electron chi connectivity index (χ1n) is 24.0. The molecule has 1 amide bonds. The zero-order valence-electron chi connectivity index (χ0n) is 38.6. The second-order valence-corrected chi connectivity index (χ2v) is 17.4. The first-order chi connectivity index (χ1) is 30.1. The van der Waals surface area contributed by atoms with Gasteiger partial charge in [0.1, 0.15) is 12.7 Å². The Morgan fingerprint density at radius 1 is 0.516 bits per heavy atom. The number of carbonyl (C=O) groups excluding carboxylic acids is 2. The van der Waals surface area contributed by atoms with E-state index in [4.69, 9.17) is 13.8 Å². The molecule has 3 atom stereocenters. The molecule has 0 aromatic rings. The summed E-state index contributed by atoms with van der Waals surface area (Å²) in [4.78, 5) is 46.0. The topological polar surface area (TPSA) is 169 Å². The predicted octanol–water partition coefficient (Wildman–Crippen LogP) is 12.9. The van der Waals surface area contributed by atoms with Crippen molar-refractivity contribution in [3.05, 3.63) is 72.9 Å². The van der Waals surface area contributed by atoms with E-state index in [2.05, 4.69) is 92.1 Å². The molecule has 0 radical (unpaired) electrons. The van der Waals surface area contributed by atoms with Crippen LogP contribution < -0.4 is 5.32 Å². The van der Waals surface area contributed by atoms with Gasteiger partial charge >= 0.3 is 19.8 Å². The molecule has 0 spiro atoms. The van der Waals surface area contributed by atoms with Crippen LogP contribution in [0.5, 0.6) is 0 Å². The van der Waals surface area contributed by atoms with Crippen molar-refractivity contribution in [1.29, 1.82) is 0 Å². The van der Waals surface area contributed by atoms with Gasteiger partial charge in [-0.2, -0.15) is 0 Å². The maximum absolute atomic E-state index is 12.3. The van der Waals surface area contributed by atoms with Crippen LogP contribution in [0.15, 0.2) is 72.9 Å². The molecule has 0 saturated carbocycles. The molecule has 11 nitrogen and oxygen atoms in total. The number of allylic oxidation sites excluding steroid dienone is 12. The van der Waals surface area contributed by atoms with Crippen molar-refractivity contribution in [2.45, 2.75) is 206 Å². The third-order valence-electron chi connectivity index (χ3n) is 9.97. The third-order valence-corrected chi connectivity index (χ3v) is 10.9. The summed E-state index contributed by atoms with van der Waals surface area (Å²) in [5.74, 6) is -2.41. The average molecular weight is 892 g/mol. The Morgan fingerprint density at radius 3 is 1.32 bits per heavy atom. The number of aliphatic hydroxyl groups is 1. The number of amides is 1. The van der Waals surface area contributed by atoms with Gasteiger partial charge in [-0.05, 0) is 89.9 Å². The number of nitrogens with one attached hydrogen (secondary N) is 1. The fraction of sp³-hybridized carbons (Fsp3) is 0.700. The lowest BCUT2D eigenvalue weighted by Gasteiger charge is -2.18. The Bertz CT molecular complexity index is 1320. The van der Waals surface area contributed by atoms with Crippen molar-refractivity contribution in [1.82, 2.24) is 5.32 Å². The molecule has 0 rings (SSSR count). The predicted molar refractivity (Wildman–Crippen MR) is 254 cm³/mol. The molecule has 4 N–H and O–H groups in total. The van der Waals surface area contributed by atoms with Crippen molar-refractivity contribution in [2.24, 2.45) is 0 Å². The molecule has 12 heteroatoms. The highest BCUT2D eigenvalue weighted by molar-refractivity contribution is 7.47. The van der Waals surface area contributed by atoms with E-state index < -0.39 is 57.6 Å². The summed E-state index contributed by atoms with van der Waals surface area (Å²) in [7, 11) is -4.77. The number of aliphatic hydroxyl groups excluding tert-OH is 1. The van der Waals surface area contributed by atoms with E-state index in [1.807, 2.05) is 0 Å². The van der Waals surface area contributed by atoms with Crippen LogP contribution >= 0.6 is 7.82 Å². The number of ether oxygens (including phenoxy) is 1. The molecule has 0 aliphatic heterocycles. The van der Waals surface area contributed by atoms with Crippen molar-refractivity contribution in [3.63, 3.8) is 0 Å². The monoisotopic (exact) mass is 892 g/mol. The molecule has 62 heavy (non-hydrogen) atoms. The summed E-state index contributed by atoms with van der Waals surface area (Å²) in [5, 5.41) is 21.9. The molecular weight excluding hydrogens is 806 g/mol. The Morgan fingerprint density at radius 2 is 0.887 bits per heavy atom. The molecule has 0 aromatic heterocycles. The van der Waals surface area contributed by atoms with Crippen molar-refractivity contribution >= 4 is 25.7 Å². The zero-order chi connectivity index (χ0) is 45.6. The lowest BCUT2D eigenvalue weighted by atomic mass is 10.1. The summed E-state index contributed by atoms with van der Waals surface area (Å²) in [6.45, 7) is 2.51. The van der Waals surface area contributed by atoms with Crippen LogP contribution in [-0.2, 0) is 32.7 Å². The van der Waals surface area contributed by atoms with E-state index in [9.17, 15) is 34.1 Å². The fourth-order valence-electron chi connectivity index (χ4n) is 6.21. The molecule has 0 bridgehead atoms. The third kappa shape index (κ3) is 43.6. The van der Waals surface area contributed by atoms with Crippen LogP contribution in [0.1, 0.15) is 194 Å². The molecular formula is C50H86NO10P. The highest BCUT2D eigenvalue weighted by Crippen LogP contribution is 2.43. The Kier molecular flexibility index (Phi) is 42.3. The largest absolute Gasteiger partial charge is 0.480 e. The van der Waals surface area contributed by atoms with Gasteiger partial charge in [0, 0.05) is 12.8 Å². The fourth-order valence-corrected chi connectivity index (χ4v) is 6.98. The van der Waals surface area contributed by atoms with Crippen molar-refractivity contribution in [3.8, 4) is 0 Å². The number of esters is 1. The maximum Gasteiger partial charge on any atom is 0.472 e. The number of carbonyl (C=O) groups is 3. The van der Waals surface area contributed by atoms with Crippen LogP contribution in [0.3, 0.4) is 0 Å². The number of hydrogen-bond donors (Lipinski definition) is 4. The minimum Gasteiger partial charge on any atom is -0.480 e. The number of rotatable bonds is 44. The van der Waals surface area contributed by atoms with E-state index in [0.717, 1.165) is 96.3 Å². The van der Waals surface area contributed by atoms with Crippen LogP contribution in [-0.4, -0.2) is 64.9 Å².